The van der Waals surface area contributed by atoms with E-state index in [1.54, 1.807) is 0 Å². The van der Waals surface area contributed by atoms with E-state index < -0.39 is 5.97 Å². The zero-order valence-corrected chi connectivity index (χ0v) is 10.2. The predicted molar refractivity (Wildman–Crippen MR) is 39.4 cm³/mol. The second-order valence-corrected chi connectivity index (χ2v) is 1.56. The maximum Gasteiger partial charge on any atom is 1.00 e. The third kappa shape index (κ3) is 77.4. The molecular formula is C6H14NNaO5. The maximum absolute atomic E-state index is 9.87. The van der Waals surface area contributed by atoms with Crippen LogP contribution >= 0.6 is 0 Å². The predicted octanol–water partition coefficient (Wildman–Crippen LogP) is -4.54. The number of carboxylic acids is 1. The van der Waals surface area contributed by atoms with E-state index in [0.717, 1.165) is 6.92 Å². The van der Waals surface area contributed by atoms with Crippen molar-refractivity contribution >= 4 is 11.9 Å². The molecule has 0 atom stereocenters. The van der Waals surface area contributed by atoms with Crippen LogP contribution in [0, 0.1) is 0 Å². The van der Waals surface area contributed by atoms with Gasteiger partial charge in [-0.3, -0.25) is 4.79 Å². The molecule has 0 fully saturated rings. The summed E-state index contributed by atoms with van der Waals surface area (Å²) >= 11 is 0. The molecule has 0 radical (unpaired) electrons. The zero-order valence-electron chi connectivity index (χ0n) is 8.20. The van der Waals surface area contributed by atoms with Gasteiger partial charge in [0.25, 0.3) is 0 Å². The Morgan fingerprint density at radius 2 is 1.69 bits per heavy atom. The van der Waals surface area contributed by atoms with Crippen molar-refractivity contribution in [3.05, 3.63) is 0 Å². The molecule has 4 N–H and O–H groups in total. The SMILES string of the molecule is CC(=O)OCCO.CC(=O)[O-].N.[Na+]. The van der Waals surface area contributed by atoms with E-state index in [-0.39, 0.29) is 54.9 Å². The van der Waals surface area contributed by atoms with Crippen LogP contribution in [0.15, 0.2) is 0 Å². The maximum atomic E-state index is 9.87. The number of esters is 1. The number of aliphatic hydroxyl groups excluding tert-OH is 1. The van der Waals surface area contributed by atoms with E-state index in [9.17, 15) is 4.79 Å². The Morgan fingerprint density at radius 3 is 1.77 bits per heavy atom. The van der Waals surface area contributed by atoms with Crippen LogP contribution in [-0.2, 0) is 14.3 Å². The van der Waals surface area contributed by atoms with Gasteiger partial charge in [-0.1, -0.05) is 0 Å². The number of rotatable bonds is 2. The van der Waals surface area contributed by atoms with Crippen LogP contribution in [0.4, 0.5) is 0 Å². The van der Waals surface area contributed by atoms with Gasteiger partial charge in [0.15, 0.2) is 0 Å². The molecule has 0 saturated heterocycles. The topological polar surface area (TPSA) is 122 Å². The van der Waals surface area contributed by atoms with E-state index in [2.05, 4.69) is 4.74 Å². The Balaban J connectivity index is -0.0000000600. The molecule has 74 valence electrons. The monoisotopic (exact) mass is 203 g/mol. The van der Waals surface area contributed by atoms with Crippen LogP contribution in [0.5, 0.6) is 0 Å². The molecule has 0 aromatic heterocycles. The van der Waals surface area contributed by atoms with Gasteiger partial charge in [0.2, 0.25) is 0 Å². The van der Waals surface area contributed by atoms with Crippen molar-refractivity contribution in [2.75, 3.05) is 13.2 Å². The van der Waals surface area contributed by atoms with Crippen molar-refractivity contribution in [1.82, 2.24) is 6.15 Å². The molecule has 0 aromatic carbocycles. The van der Waals surface area contributed by atoms with Crippen LogP contribution in [0.25, 0.3) is 0 Å². The Kier molecular flexibility index (Phi) is 31.6. The molecule has 0 aliphatic carbocycles. The standard InChI is InChI=1S/C4H8O3.C2H4O2.H3N.Na/c1-4(6)7-3-2-5;1-2(3)4;;/h5H,2-3H2,1H3;1H3,(H,3,4);1H3;/q;;;+1/p-1. The summed E-state index contributed by atoms with van der Waals surface area (Å²) in [7, 11) is 0. The molecule has 0 unspecified atom stereocenters. The van der Waals surface area contributed by atoms with Crippen LogP contribution in [0.2, 0.25) is 0 Å². The van der Waals surface area contributed by atoms with Crippen LogP contribution in [-0.4, -0.2) is 30.3 Å². The molecule has 6 nitrogen and oxygen atoms in total. The third-order valence-electron chi connectivity index (χ3n) is 0.397. The van der Waals surface area contributed by atoms with Gasteiger partial charge in [-0.15, -0.1) is 0 Å². The van der Waals surface area contributed by atoms with Crippen molar-refractivity contribution < 1.29 is 54.1 Å². The number of aliphatic hydroxyl groups is 1. The third-order valence-corrected chi connectivity index (χ3v) is 0.397. The minimum absolute atomic E-state index is 0. The number of carbonyl (C=O) groups excluding carboxylic acids is 2. The molecule has 0 bridgehead atoms. The van der Waals surface area contributed by atoms with Gasteiger partial charge in [-0.05, 0) is 6.92 Å². The minimum atomic E-state index is -1.08. The fourth-order valence-corrected chi connectivity index (χ4v) is 0.189. The molecule has 0 saturated carbocycles. The van der Waals surface area contributed by atoms with Crippen molar-refractivity contribution in [3.63, 3.8) is 0 Å². The molecule has 0 aromatic rings. The summed E-state index contributed by atoms with van der Waals surface area (Å²) in [4.78, 5) is 18.8. The van der Waals surface area contributed by atoms with Crippen molar-refractivity contribution in [2.45, 2.75) is 13.8 Å². The van der Waals surface area contributed by atoms with Crippen molar-refractivity contribution in [1.29, 1.82) is 0 Å². The summed E-state index contributed by atoms with van der Waals surface area (Å²) < 4.78 is 4.30. The largest absolute Gasteiger partial charge is 1.00 e. The first-order chi connectivity index (χ1) is 5.00. The summed E-state index contributed by atoms with van der Waals surface area (Å²) in [6.45, 7) is 2.28. The first-order valence-electron chi connectivity index (χ1n) is 2.92. The van der Waals surface area contributed by atoms with Gasteiger partial charge in [0.1, 0.15) is 6.61 Å². The average Bonchev–Trinajstić information content (AvgIpc) is 1.82. The van der Waals surface area contributed by atoms with Crippen LogP contribution in [0.1, 0.15) is 13.8 Å². The molecule has 0 heterocycles. The number of aliphatic carboxylic acids is 1. The summed E-state index contributed by atoms with van der Waals surface area (Å²) in [5, 5.41) is 16.9. The second kappa shape index (κ2) is 17.8. The quantitative estimate of drug-likeness (QED) is 0.344. The van der Waals surface area contributed by atoms with Gasteiger partial charge < -0.3 is 25.9 Å². The van der Waals surface area contributed by atoms with Gasteiger partial charge >= 0.3 is 35.5 Å². The summed E-state index contributed by atoms with van der Waals surface area (Å²) in [5.74, 6) is -1.44. The molecule has 0 rings (SSSR count). The zero-order chi connectivity index (χ0) is 9.28. The second-order valence-electron chi connectivity index (χ2n) is 1.56. The number of carboxylic acid groups (broad SMARTS) is 1. The number of carbonyl (C=O) groups is 2. The van der Waals surface area contributed by atoms with E-state index in [0.29, 0.717) is 0 Å². The van der Waals surface area contributed by atoms with Crippen LogP contribution < -0.4 is 40.8 Å². The summed E-state index contributed by atoms with van der Waals surface area (Å²) in [5.41, 5.74) is 0. The Hall–Kier alpha value is -0.140. The Morgan fingerprint density at radius 1 is 1.38 bits per heavy atom. The van der Waals surface area contributed by atoms with E-state index >= 15 is 0 Å². The number of ether oxygens (including phenoxy) is 1. The Bertz CT molecular complexity index is 126. The van der Waals surface area contributed by atoms with E-state index in [1.807, 2.05) is 0 Å². The number of hydrogen-bond acceptors (Lipinski definition) is 6. The van der Waals surface area contributed by atoms with Crippen molar-refractivity contribution in [3.8, 4) is 0 Å². The van der Waals surface area contributed by atoms with Gasteiger partial charge in [-0.25, -0.2) is 0 Å². The molecule has 13 heavy (non-hydrogen) atoms. The molecule has 0 amide bonds. The molecular weight excluding hydrogens is 189 g/mol. The van der Waals surface area contributed by atoms with Gasteiger partial charge in [0.05, 0.1) is 6.61 Å². The van der Waals surface area contributed by atoms with Gasteiger partial charge in [-0.2, -0.15) is 0 Å². The smallest absolute Gasteiger partial charge is 0.550 e. The first kappa shape index (κ1) is 23.0. The average molecular weight is 203 g/mol. The molecule has 7 heteroatoms. The molecule has 0 aliphatic rings. The van der Waals surface area contributed by atoms with Crippen molar-refractivity contribution in [2.24, 2.45) is 0 Å². The van der Waals surface area contributed by atoms with Crippen LogP contribution in [0.3, 0.4) is 0 Å². The summed E-state index contributed by atoms with van der Waals surface area (Å²) in [6.07, 6.45) is 0. The number of hydrogen-bond donors (Lipinski definition) is 2. The van der Waals surface area contributed by atoms with E-state index in [1.165, 1.54) is 6.92 Å². The minimum Gasteiger partial charge on any atom is -0.550 e. The molecule has 0 spiro atoms. The Labute approximate surface area is 99.1 Å². The summed E-state index contributed by atoms with van der Waals surface area (Å²) in [6, 6.07) is 0. The molecule has 0 aliphatic heterocycles. The van der Waals surface area contributed by atoms with E-state index in [4.69, 9.17) is 15.0 Å². The first-order valence-corrected chi connectivity index (χ1v) is 2.92. The van der Waals surface area contributed by atoms with Gasteiger partial charge in [0, 0.05) is 12.9 Å². The fourth-order valence-electron chi connectivity index (χ4n) is 0.189. The normalized spacial score (nSPS) is 6.38. The fraction of sp³-hybridized carbons (Fsp3) is 0.667.